The van der Waals surface area contributed by atoms with Crippen molar-refractivity contribution < 1.29 is 48.5 Å². The van der Waals surface area contributed by atoms with Crippen molar-refractivity contribution in [1.29, 1.82) is 5.41 Å². The zero-order valence-electron chi connectivity index (χ0n) is 30.2. The van der Waals surface area contributed by atoms with E-state index < -0.39 is 90.6 Å². The van der Waals surface area contributed by atoms with Crippen molar-refractivity contribution in [3.05, 3.63) is 35.9 Å². The van der Waals surface area contributed by atoms with Crippen molar-refractivity contribution in [3.63, 3.8) is 0 Å². The van der Waals surface area contributed by atoms with Gasteiger partial charge in [-0.15, -0.1) is 0 Å². The van der Waals surface area contributed by atoms with Gasteiger partial charge in [0.25, 0.3) is 0 Å². The van der Waals surface area contributed by atoms with Crippen molar-refractivity contribution in [3.8, 4) is 5.75 Å². The molecule has 11 N–H and O–H groups in total. The fourth-order valence-electron chi connectivity index (χ4n) is 4.46. The number of amides is 5. The lowest BCUT2D eigenvalue weighted by molar-refractivity contribution is -0.138. The maximum absolute atomic E-state index is 13.3. The second-order valence-corrected chi connectivity index (χ2v) is 12.9. The number of phenols is 1. The lowest BCUT2D eigenvalue weighted by Crippen LogP contribution is -2.57. The van der Waals surface area contributed by atoms with Gasteiger partial charge in [-0.1, -0.05) is 38.5 Å². The highest BCUT2D eigenvalue weighted by Gasteiger charge is 2.32. The summed E-state index contributed by atoms with van der Waals surface area (Å²) in [4.78, 5) is 88.4. The molecule has 0 fully saturated rings. The van der Waals surface area contributed by atoms with Gasteiger partial charge in [-0.3, -0.25) is 34.2 Å². The monoisotopic (exact) mass is 732 g/mol. The number of carboxylic acids is 1. The third-order valence-corrected chi connectivity index (χ3v) is 7.37. The second-order valence-electron chi connectivity index (χ2n) is 12.9. The Morgan fingerprint density at radius 2 is 1.60 bits per heavy atom. The Morgan fingerprint density at radius 3 is 2.19 bits per heavy atom. The molecule has 0 aliphatic carbocycles. The van der Waals surface area contributed by atoms with Crippen LogP contribution in [0.3, 0.4) is 0 Å². The van der Waals surface area contributed by atoms with Crippen LogP contribution in [0.25, 0.3) is 6.08 Å². The van der Waals surface area contributed by atoms with Gasteiger partial charge < -0.3 is 52.6 Å². The summed E-state index contributed by atoms with van der Waals surface area (Å²) in [5.41, 5.74) is 4.83. The number of aromatic hydroxyl groups is 1. The van der Waals surface area contributed by atoms with E-state index in [0.717, 1.165) is 6.08 Å². The number of para-hydroxylation sites is 1. The minimum atomic E-state index is -1.40. The van der Waals surface area contributed by atoms with Crippen LogP contribution in [0.15, 0.2) is 30.3 Å². The number of carboxylic acid groups (broad SMARTS) is 1. The molecule has 0 aliphatic rings. The van der Waals surface area contributed by atoms with Crippen LogP contribution in [0.4, 0.5) is 4.79 Å². The highest BCUT2D eigenvalue weighted by atomic mass is 16.6. The highest BCUT2D eigenvalue weighted by molar-refractivity contribution is 5.98. The zero-order chi connectivity index (χ0) is 39.4. The van der Waals surface area contributed by atoms with Crippen LogP contribution in [0, 0.1) is 11.3 Å². The number of nitrogens with one attached hydrogen (secondary N) is 7. The SMILES string of the molecule is CC[C@H](C)[C@H](NC(=O)OC(C)(C)C)C(=O)N[C@@H](CCC(=O)O)C(=O)NCC(=O)N[C@@H](CCCNC(=N)N)C(=O)CNC(=O)/C=C\c1ccccc1O. The molecule has 0 saturated heterocycles. The largest absolute Gasteiger partial charge is 0.507 e. The summed E-state index contributed by atoms with van der Waals surface area (Å²) in [5.74, 6) is -5.65. The van der Waals surface area contributed by atoms with Gasteiger partial charge in [0, 0.05) is 24.6 Å². The Bertz CT molecular complexity index is 1460. The molecule has 5 amide bonds. The van der Waals surface area contributed by atoms with Crippen LogP contribution in [0.5, 0.6) is 5.75 Å². The van der Waals surface area contributed by atoms with E-state index >= 15 is 0 Å². The standard InChI is InChI=1S/C34H52N8O10/c1-6-20(2)29(42-33(51)52-34(3,4)5)31(50)41-23(14-16-28(47)48)30(49)39-19-27(46)40-22(11-9-17-37-32(35)36)25(44)18-38-26(45)15-13-21-10-7-8-12-24(21)43/h7-8,10,12-13,15,20,22-23,29,43H,6,9,11,14,16-19H2,1-5H3,(H,38,45)(H,39,49)(H,40,46)(H,41,50)(H,42,51)(H,47,48)(H4,35,36,37)/b15-13-/t20-,22-,23-,29-/m0/s1. The summed E-state index contributed by atoms with van der Waals surface area (Å²) in [6.45, 7) is 7.50. The van der Waals surface area contributed by atoms with Crippen LogP contribution in [-0.4, -0.2) is 101 Å². The molecule has 52 heavy (non-hydrogen) atoms. The van der Waals surface area contributed by atoms with Gasteiger partial charge in [-0.05, 0) is 58.1 Å². The van der Waals surface area contributed by atoms with Crippen molar-refractivity contribution >= 4 is 53.5 Å². The minimum Gasteiger partial charge on any atom is -0.507 e. The van der Waals surface area contributed by atoms with E-state index in [0.29, 0.717) is 12.0 Å². The Hall–Kier alpha value is -5.68. The molecule has 1 rings (SSSR count). The maximum Gasteiger partial charge on any atom is 0.408 e. The minimum absolute atomic E-state index is 0.0438. The normalized spacial score (nSPS) is 13.4. The van der Waals surface area contributed by atoms with E-state index in [4.69, 9.17) is 15.9 Å². The average Bonchev–Trinajstić information content (AvgIpc) is 3.06. The number of benzene rings is 1. The first-order valence-corrected chi connectivity index (χ1v) is 16.8. The molecule has 0 unspecified atom stereocenters. The quantitative estimate of drug-likeness (QED) is 0.0352. The molecule has 18 nitrogen and oxygen atoms in total. The summed E-state index contributed by atoms with van der Waals surface area (Å²) < 4.78 is 5.25. The van der Waals surface area contributed by atoms with Crippen molar-refractivity contribution in [2.45, 2.75) is 90.4 Å². The molecule has 0 saturated carbocycles. The molecular weight excluding hydrogens is 680 g/mol. The number of aliphatic carboxylic acids is 1. The van der Waals surface area contributed by atoms with Crippen LogP contribution in [0.2, 0.25) is 0 Å². The third kappa shape index (κ3) is 18.4. The Balaban J connectivity index is 2.96. The number of carbonyl (C=O) groups excluding carboxylic acids is 6. The van der Waals surface area contributed by atoms with E-state index in [9.17, 15) is 43.8 Å². The Kier molecular flexibility index (Phi) is 18.9. The second kappa shape index (κ2) is 22.2. The van der Waals surface area contributed by atoms with E-state index in [2.05, 4.69) is 31.9 Å². The molecule has 1 aromatic carbocycles. The summed E-state index contributed by atoms with van der Waals surface area (Å²) in [6.07, 6.45) is 1.60. The predicted molar refractivity (Wildman–Crippen MR) is 191 cm³/mol. The number of ketones is 1. The number of hydrogen-bond acceptors (Lipinski definition) is 10. The molecule has 4 atom stereocenters. The first-order chi connectivity index (χ1) is 24.3. The summed E-state index contributed by atoms with van der Waals surface area (Å²) in [7, 11) is 0. The van der Waals surface area contributed by atoms with Gasteiger partial charge in [-0.25, -0.2) is 4.79 Å². The number of alkyl carbamates (subject to hydrolysis) is 1. The van der Waals surface area contributed by atoms with E-state index in [-0.39, 0.29) is 37.5 Å². The number of hydrogen-bond donors (Lipinski definition) is 10. The number of Topliss-reactive ketones (excluding diaryl/α,β-unsaturated/α-hetero) is 1. The molecule has 0 bridgehead atoms. The average molecular weight is 733 g/mol. The van der Waals surface area contributed by atoms with Gasteiger partial charge >= 0.3 is 12.1 Å². The van der Waals surface area contributed by atoms with Gasteiger partial charge in [0.05, 0.1) is 19.1 Å². The Labute approximate surface area is 302 Å². The molecule has 0 aromatic heterocycles. The first kappa shape index (κ1) is 44.3. The van der Waals surface area contributed by atoms with Crippen LogP contribution in [0.1, 0.15) is 72.3 Å². The fraction of sp³-hybridized carbons (Fsp3) is 0.529. The number of phenolic OH excluding ortho intramolecular Hbond substituents is 1. The van der Waals surface area contributed by atoms with Crippen LogP contribution >= 0.6 is 0 Å². The van der Waals surface area contributed by atoms with Gasteiger partial charge in [0.2, 0.25) is 23.6 Å². The van der Waals surface area contributed by atoms with Gasteiger partial charge in [0.15, 0.2) is 11.7 Å². The molecular formula is C34H52N8O10. The zero-order valence-corrected chi connectivity index (χ0v) is 30.2. The predicted octanol–water partition coefficient (Wildman–Crippen LogP) is 0.244. The topological polar surface area (TPSA) is 291 Å². The highest BCUT2D eigenvalue weighted by Crippen LogP contribution is 2.17. The Morgan fingerprint density at radius 1 is 0.923 bits per heavy atom. The molecule has 18 heteroatoms. The van der Waals surface area contributed by atoms with Gasteiger partial charge in [0.1, 0.15) is 23.4 Å². The number of rotatable bonds is 21. The third-order valence-electron chi connectivity index (χ3n) is 7.37. The van der Waals surface area contributed by atoms with Crippen molar-refractivity contribution in [2.24, 2.45) is 11.7 Å². The number of carbonyl (C=O) groups is 7. The number of ether oxygens (including phenoxy) is 1. The summed E-state index contributed by atoms with van der Waals surface area (Å²) in [6, 6.07) is 2.65. The smallest absolute Gasteiger partial charge is 0.408 e. The molecule has 0 aliphatic heterocycles. The van der Waals surface area contributed by atoms with E-state index in [1.807, 2.05) is 0 Å². The molecule has 0 spiro atoms. The van der Waals surface area contributed by atoms with Crippen molar-refractivity contribution in [2.75, 3.05) is 19.6 Å². The summed E-state index contributed by atoms with van der Waals surface area (Å²) >= 11 is 0. The number of guanidine groups is 1. The lowest BCUT2D eigenvalue weighted by Gasteiger charge is -2.28. The molecule has 0 radical (unpaired) electrons. The van der Waals surface area contributed by atoms with Gasteiger partial charge in [-0.2, -0.15) is 0 Å². The van der Waals surface area contributed by atoms with E-state index in [1.54, 1.807) is 52.8 Å². The van der Waals surface area contributed by atoms with Crippen molar-refractivity contribution in [1.82, 2.24) is 31.9 Å². The maximum atomic E-state index is 13.3. The molecule has 288 valence electrons. The molecule has 0 heterocycles. The summed E-state index contributed by atoms with van der Waals surface area (Å²) in [5, 5.41) is 41.2. The van der Waals surface area contributed by atoms with Crippen LogP contribution in [-0.2, 0) is 33.5 Å². The molecule has 1 aromatic rings. The number of nitrogens with two attached hydrogens (primary N) is 1. The van der Waals surface area contributed by atoms with Crippen LogP contribution < -0.4 is 37.6 Å². The fourth-order valence-corrected chi connectivity index (χ4v) is 4.46. The lowest BCUT2D eigenvalue weighted by atomic mass is 9.97. The van der Waals surface area contributed by atoms with E-state index in [1.165, 1.54) is 12.1 Å². The first-order valence-electron chi connectivity index (χ1n) is 16.8.